The zero-order chi connectivity index (χ0) is 20.7. The summed E-state index contributed by atoms with van der Waals surface area (Å²) in [6.45, 7) is 12.5. The first-order chi connectivity index (χ1) is 13.4. The Morgan fingerprint density at radius 2 is 1.14 bits per heavy atom. The van der Waals surface area contributed by atoms with E-state index in [-0.39, 0.29) is 0 Å². The number of hydrogen-bond donors (Lipinski definition) is 0. The van der Waals surface area contributed by atoms with Crippen LogP contribution in [-0.4, -0.2) is 26.6 Å². The molecule has 28 heavy (non-hydrogen) atoms. The van der Waals surface area contributed by atoms with Gasteiger partial charge in [0.05, 0.1) is 31.9 Å². The van der Waals surface area contributed by atoms with Crippen LogP contribution in [-0.2, 0) is 0 Å². The molecular formula is C26H48OP+. The highest BCUT2D eigenvalue weighted by molar-refractivity contribution is 7.80. The summed E-state index contributed by atoms with van der Waals surface area (Å²) in [5.74, 6) is 1.08. The van der Waals surface area contributed by atoms with E-state index in [1.54, 1.807) is 0 Å². The van der Waals surface area contributed by atoms with Crippen molar-refractivity contribution in [2.75, 3.05) is 26.6 Å². The standard InChI is InChI=1S/C26H48OP/c1-6-7-8-9-10-11-12-13-14-15-16-17-18-19-22-27-26-21-20-25(23-24(26)2)28(3,4)5/h20-21,23H,6-19,22H2,1-5H3/q+1. The van der Waals surface area contributed by atoms with Crippen molar-refractivity contribution in [2.24, 2.45) is 0 Å². The summed E-state index contributed by atoms with van der Waals surface area (Å²) in [6.07, 6.45) is 19.6. The molecule has 1 nitrogen and oxygen atoms in total. The summed E-state index contributed by atoms with van der Waals surface area (Å²) >= 11 is 0. The fourth-order valence-electron chi connectivity index (χ4n) is 3.69. The average Bonchev–Trinajstić information content (AvgIpc) is 2.65. The van der Waals surface area contributed by atoms with Crippen LogP contribution in [0.15, 0.2) is 18.2 Å². The van der Waals surface area contributed by atoms with Crippen LogP contribution in [0.5, 0.6) is 5.75 Å². The van der Waals surface area contributed by atoms with Crippen LogP contribution in [0.25, 0.3) is 0 Å². The predicted molar refractivity (Wildman–Crippen MR) is 131 cm³/mol. The lowest BCUT2D eigenvalue weighted by atomic mass is 10.0. The predicted octanol–water partition coefficient (Wildman–Crippen LogP) is 8.39. The average molecular weight is 408 g/mol. The number of rotatable bonds is 17. The number of aryl methyl sites for hydroxylation is 1. The third-order valence-electron chi connectivity index (χ3n) is 5.69. The first-order valence-corrected chi connectivity index (χ1v) is 15.1. The molecule has 0 amide bonds. The van der Waals surface area contributed by atoms with E-state index >= 15 is 0 Å². The van der Waals surface area contributed by atoms with Crippen LogP contribution in [0.1, 0.15) is 102 Å². The molecule has 0 aliphatic heterocycles. The summed E-state index contributed by atoms with van der Waals surface area (Å²) in [4.78, 5) is 0. The van der Waals surface area contributed by atoms with Gasteiger partial charge in [-0.2, -0.15) is 0 Å². The molecule has 0 aliphatic carbocycles. The lowest BCUT2D eigenvalue weighted by molar-refractivity contribution is 0.302. The molecule has 0 saturated carbocycles. The van der Waals surface area contributed by atoms with Gasteiger partial charge in [0.25, 0.3) is 0 Å². The maximum absolute atomic E-state index is 6.02. The Bertz CT molecular complexity index is 504. The second-order valence-electron chi connectivity index (χ2n) is 9.41. The first kappa shape index (κ1) is 25.5. The Labute approximate surface area is 177 Å². The van der Waals surface area contributed by atoms with Crippen molar-refractivity contribution in [3.05, 3.63) is 23.8 Å². The van der Waals surface area contributed by atoms with Gasteiger partial charge in [0.2, 0.25) is 0 Å². The van der Waals surface area contributed by atoms with Gasteiger partial charge in [-0.25, -0.2) is 0 Å². The molecule has 0 heterocycles. The first-order valence-electron chi connectivity index (χ1n) is 12.0. The molecule has 0 aromatic heterocycles. The maximum Gasteiger partial charge on any atom is 0.122 e. The Morgan fingerprint density at radius 3 is 1.57 bits per heavy atom. The molecule has 0 aliphatic rings. The quantitative estimate of drug-likeness (QED) is 0.186. The molecule has 0 atom stereocenters. The van der Waals surface area contributed by atoms with E-state index in [0.717, 1.165) is 12.4 Å². The zero-order valence-electron chi connectivity index (χ0n) is 19.7. The fraction of sp³-hybridized carbons (Fsp3) is 0.769. The van der Waals surface area contributed by atoms with Gasteiger partial charge >= 0.3 is 0 Å². The number of ether oxygens (including phenoxy) is 1. The molecule has 0 unspecified atom stereocenters. The van der Waals surface area contributed by atoms with Gasteiger partial charge in [-0.15, -0.1) is 0 Å². The van der Waals surface area contributed by atoms with Crippen LogP contribution < -0.4 is 10.0 Å². The molecule has 0 N–H and O–H groups in total. The molecule has 2 heteroatoms. The van der Waals surface area contributed by atoms with Crippen molar-refractivity contribution in [2.45, 2.75) is 104 Å². The van der Waals surface area contributed by atoms with Crippen LogP contribution >= 0.6 is 7.26 Å². The van der Waals surface area contributed by atoms with Gasteiger partial charge in [0, 0.05) is 7.26 Å². The summed E-state index contributed by atoms with van der Waals surface area (Å²) in [7, 11) is -0.933. The van der Waals surface area contributed by atoms with Gasteiger partial charge in [-0.1, -0.05) is 90.4 Å². The largest absolute Gasteiger partial charge is 0.493 e. The van der Waals surface area contributed by atoms with E-state index in [4.69, 9.17) is 4.74 Å². The molecule has 0 bridgehead atoms. The van der Waals surface area contributed by atoms with E-state index in [2.05, 4.69) is 52.0 Å². The second kappa shape index (κ2) is 15.3. The van der Waals surface area contributed by atoms with Gasteiger partial charge in [0.15, 0.2) is 0 Å². The minimum Gasteiger partial charge on any atom is -0.493 e. The third-order valence-corrected chi connectivity index (χ3v) is 7.52. The highest BCUT2D eigenvalue weighted by atomic mass is 31.2. The van der Waals surface area contributed by atoms with Crippen molar-refractivity contribution < 1.29 is 4.74 Å². The molecule has 1 aromatic rings. The third kappa shape index (κ3) is 12.1. The molecule has 162 valence electrons. The second-order valence-corrected chi connectivity index (χ2v) is 13.9. The minimum atomic E-state index is -0.933. The van der Waals surface area contributed by atoms with E-state index in [1.807, 2.05) is 0 Å². The summed E-state index contributed by atoms with van der Waals surface area (Å²) < 4.78 is 6.02. The van der Waals surface area contributed by atoms with E-state index in [1.165, 1.54) is 101 Å². The Hall–Kier alpha value is -0.550. The molecule has 0 saturated heterocycles. The van der Waals surface area contributed by atoms with Crippen LogP contribution in [0.3, 0.4) is 0 Å². The van der Waals surface area contributed by atoms with Crippen LogP contribution in [0, 0.1) is 6.92 Å². The topological polar surface area (TPSA) is 9.23 Å². The monoisotopic (exact) mass is 407 g/mol. The smallest absolute Gasteiger partial charge is 0.122 e. The number of hydrogen-bond acceptors (Lipinski definition) is 1. The Kier molecular flexibility index (Phi) is 13.9. The Balaban J connectivity index is 1.94. The number of unbranched alkanes of at least 4 members (excludes halogenated alkanes) is 13. The Morgan fingerprint density at radius 1 is 0.679 bits per heavy atom. The van der Waals surface area contributed by atoms with E-state index in [0.29, 0.717) is 0 Å². The SMILES string of the molecule is CCCCCCCCCCCCCCCCOc1ccc([P+](C)(C)C)cc1C. The molecule has 0 spiro atoms. The van der Waals surface area contributed by atoms with Gasteiger partial charge < -0.3 is 4.74 Å². The minimum absolute atomic E-state index is 0.864. The fourth-order valence-corrected chi connectivity index (χ4v) is 4.79. The normalized spacial score (nSPS) is 11.8. The van der Waals surface area contributed by atoms with E-state index in [9.17, 15) is 0 Å². The molecule has 0 fully saturated rings. The van der Waals surface area contributed by atoms with Crippen molar-refractivity contribution in [3.8, 4) is 5.75 Å². The van der Waals surface area contributed by atoms with Gasteiger partial charge in [0.1, 0.15) is 5.75 Å². The summed E-state index contributed by atoms with van der Waals surface area (Å²) in [5.41, 5.74) is 1.29. The summed E-state index contributed by atoms with van der Waals surface area (Å²) in [5, 5.41) is 1.49. The van der Waals surface area contributed by atoms with Gasteiger partial charge in [-0.3, -0.25) is 0 Å². The zero-order valence-corrected chi connectivity index (χ0v) is 20.6. The van der Waals surface area contributed by atoms with Crippen molar-refractivity contribution in [1.29, 1.82) is 0 Å². The van der Waals surface area contributed by atoms with E-state index < -0.39 is 7.26 Å². The highest BCUT2D eigenvalue weighted by Crippen LogP contribution is 2.45. The van der Waals surface area contributed by atoms with Crippen molar-refractivity contribution in [1.82, 2.24) is 0 Å². The van der Waals surface area contributed by atoms with Crippen LogP contribution in [0.2, 0.25) is 0 Å². The van der Waals surface area contributed by atoms with Crippen LogP contribution in [0.4, 0.5) is 0 Å². The molecule has 1 aromatic carbocycles. The highest BCUT2D eigenvalue weighted by Gasteiger charge is 2.21. The van der Waals surface area contributed by atoms with Crippen molar-refractivity contribution >= 4 is 12.6 Å². The van der Waals surface area contributed by atoms with Gasteiger partial charge in [-0.05, 0) is 37.1 Å². The van der Waals surface area contributed by atoms with Crippen molar-refractivity contribution in [3.63, 3.8) is 0 Å². The lowest BCUT2D eigenvalue weighted by Crippen LogP contribution is -2.09. The molecule has 0 radical (unpaired) electrons. The maximum atomic E-state index is 6.02. The molecular weight excluding hydrogens is 359 g/mol. The number of benzene rings is 1. The molecule has 1 rings (SSSR count). The summed E-state index contributed by atoms with van der Waals surface area (Å²) in [6, 6.07) is 6.77. The lowest BCUT2D eigenvalue weighted by Gasteiger charge is -2.14.